The number of hydrogen-bond donors (Lipinski definition) is 0. The van der Waals surface area contributed by atoms with Crippen molar-refractivity contribution in [3.8, 4) is 0 Å². The van der Waals surface area contributed by atoms with Gasteiger partial charge in [-0.25, -0.2) is 0 Å². The highest BCUT2D eigenvalue weighted by atomic mass is 32.2. The lowest BCUT2D eigenvalue weighted by Crippen LogP contribution is -1.93. The van der Waals surface area contributed by atoms with E-state index in [9.17, 15) is 0 Å². The summed E-state index contributed by atoms with van der Waals surface area (Å²) < 4.78 is 15.8. The first kappa shape index (κ1) is 9.43. The minimum atomic E-state index is 0.521. The average molecular weight is 210 g/mol. The maximum absolute atomic E-state index is 5.44. The molecule has 0 radical (unpaired) electrons. The van der Waals surface area contributed by atoms with Crippen LogP contribution in [0.25, 0.3) is 0 Å². The van der Waals surface area contributed by atoms with Crippen molar-refractivity contribution in [3.05, 3.63) is 47.5 Å². The van der Waals surface area contributed by atoms with Gasteiger partial charge in [-0.1, -0.05) is 12.2 Å². The molecular weight excluding hydrogens is 200 g/mol. The van der Waals surface area contributed by atoms with Gasteiger partial charge in [-0.2, -0.15) is 0 Å². The molecule has 0 aromatic rings. The molecule has 0 aromatic carbocycles. The van der Waals surface area contributed by atoms with Crippen LogP contribution in [0.2, 0.25) is 0 Å². The number of rotatable bonds is 1. The van der Waals surface area contributed by atoms with Crippen molar-refractivity contribution in [1.29, 1.82) is 0 Å². The highest BCUT2D eigenvalue weighted by molar-refractivity contribution is 7.98. The molecule has 2 heterocycles. The molecular formula is C10H10O3S. The second kappa shape index (κ2) is 4.93. The van der Waals surface area contributed by atoms with Crippen molar-refractivity contribution in [2.24, 2.45) is 0 Å². The van der Waals surface area contributed by atoms with E-state index >= 15 is 0 Å². The highest BCUT2D eigenvalue weighted by Crippen LogP contribution is 2.28. The van der Waals surface area contributed by atoms with E-state index in [-0.39, 0.29) is 0 Å². The van der Waals surface area contributed by atoms with Crippen LogP contribution < -0.4 is 0 Å². The van der Waals surface area contributed by atoms with Crippen LogP contribution in [0, 0.1) is 0 Å². The largest absolute Gasteiger partial charge is 0.485 e. The van der Waals surface area contributed by atoms with Gasteiger partial charge < -0.3 is 13.7 Å². The molecule has 4 heteroatoms. The quantitative estimate of drug-likeness (QED) is 0.621. The molecule has 0 saturated heterocycles. The molecule has 0 bridgehead atoms. The molecule has 0 spiro atoms. The molecule has 3 nitrogen and oxygen atoms in total. The zero-order valence-corrected chi connectivity index (χ0v) is 8.33. The zero-order chi connectivity index (χ0) is 9.64. The van der Waals surface area contributed by atoms with Crippen LogP contribution >= 0.6 is 12.0 Å². The van der Waals surface area contributed by atoms with E-state index in [4.69, 9.17) is 13.7 Å². The molecule has 0 amide bonds. The van der Waals surface area contributed by atoms with Gasteiger partial charge in [0.1, 0.15) is 12.9 Å². The maximum atomic E-state index is 5.44. The summed E-state index contributed by atoms with van der Waals surface area (Å²) in [5.41, 5.74) is 0. The SMILES string of the molecule is C1=CCOSC(C2=COC=CCO2)=C1. The molecule has 2 rings (SSSR count). The first-order valence-corrected chi connectivity index (χ1v) is 5.01. The summed E-state index contributed by atoms with van der Waals surface area (Å²) in [6.07, 6.45) is 10.8. The fraction of sp³-hybridized carbons (Fsp3) is 0.200. The monoisotopic (exact) mass is 210 g/mol. The molecule has 0 unspecified atom stereocenters. The summed E-state index contributed by atoms with van der Waals surface area (Å²) in [4.78, 5) is 0.919. The van der Waals surface area contributed by atoms with Crippen molar-refractivity contribution in [2.45, 2.75) is 0 Å². The second-order valence-corrected chi connectivity index (χ2v) is 3.47. The van der Waals surface area contributed by atoms with Crippen LogP contribution in [0.3, 0.4) is 0 Å². The average Bonchev–Trinajstić information content (AvgIpc) is 2.62. The van der Waals surface area contributed by atoms with Gasteiger partial charge in [-0.05, 0) is 12.2 Å². The van der Waals surface area contributed by atoms with E-state index in [0.29, 0.717) is 19.0 Å². The van der Waals surface area contributed by atoms with E-state index in [0.717, 1.165) is 4.91 Å². The van der Waals surface area contributed by atoms with Gasteiger partial charge in [0.15, 0.2) is 5.76 Å². The Labute approximate surface area is 86.9 Å². The third-order valence-corrected chi connectivity index (χ3v) is 2.40. The number of ether oxygens (including phenoxy) is 2. The fourth-order valence-electron chi connectivity index (χ4n) is 0.996. The van der Waals surface area contributed by atoms with Gasteiger partial charge in [-0.15, -0.1) is 0 Å². The van der Waals surface area contributed by atoms with E-state index < -0.39 is 0 Å². The number of hydrogen-bond acceptors (Lipinski definition) is 4. The van der Waals surface area contributed by atoms with E-state index in [2.05, 4.69) is 0 Å². The standard InChI is InChI=1S/C10H10O3S/c1-2-7-13-14-10(4-1)9-8-11-5-3-6-12-9/h1-5,8H,6-7H2. The minimum absolute atomic E-state index is 0.521. The topological polar surface area (TPSA) is 27.7 Å². The number of allylic oxidation sites excluding steroid dienone is 2. The summed E-state index contributed by atoms with van der Waals surface area (Å²) >= 11 is 1.30. The van der Waals surface area contributed by atoms with Crippen LogP contribution in [0.15, 0.2) is 47.5 Å². The Kier molecular flexibility index (Phi) is 3.32. The van der Waals surface area contributed by atoms with Crippen molar-refractivity contribution in [1.82, 2.24) is 0 Å². The van der Waals surface area contributed by atoms with Gasteiger partial charge >= 0.3 is 0 Å². The maximum Gasteiger partial charge on any atom is 0.170 e. The van der Waals surface area contributed by atoms with Crippen LogP contribution in [0.1, 0.15) is 0 Å². The normalized spacial score (nSPS) is 21.1. The molecule has 74 valence electrons. The first-order valence-electron chi connectivity index (χ1n) is 4.27. The van der Waals surface area contributed by atoms with Crippen molar-refractivity contribution in [2.75, 3.05) is 13.2 Å². The second-order valence-electron chi connectivity index (χ2n) is 2.63. The van der Waals surface area contributed by atoms with Crippen molar-refractivity contribution < 1.29 is 13.7 Å². The Balaban J connectivity index is 2.09. The van der Waals surface area contributed by atoms with Crippen LogP contribution in [0.5, 0.6) is 0 Å². The highest BCUT2D eigenvalue weighted by Gasteiger charge is 2.10. The minimum Gasteiger partial charge on any atom is -0.485 e. The van der Waals surface area contributed by atoms with E-state index in [1.165, 1.54) is 12.0 Å². The molecule has 14 heavy (non-hydrogen) atoms. The summed E-state index contributed by atoms with van der Waals surface area (Å²) in [7, 11) is 0. The summed E-state index contributed by atoms with van der Waals surface area (Å²) in [6, 6.07) is 0. The Hall–Kier alpha value is -1.13. The lowest BCUT2D eigenvalue weighted by molar-refractivity contribution is 0.253. The summed E-state index contributed by atoms with van der Waals surface area (Å²) in [5.74, 6) is 0.701. The third kappa shape index (κ3) is 2.43. The van der Waals surface area contributed by atoms with E-state index in [1.807, 2.05) is 24.3 Å². The predicted molar refractivity (Wildman–Crippen MR) is 55.0 cm³/mol. The first-order chi connectivity index (χ1) is 6.97. The van der Waals surface area contributed by atoms with Crippen LogP contribution in [-0.4, -0.2) is 13.2 Å². The molecule has 0 atom stereocenters. The molecule has 0 fully saturated rings. The molecule has 0 aliphatic carbocycles. The predicted octanol–water partition coefficient (Wildman–Crippen LogP) is 2.51. The van der Waals surface area contributed by atoms with Gasteiger partial charge in [-0.3, -0.25) is 0 Å². The Morgan fingerprint density at radius 1 is 1.21 bits per heavy atom. The van der Waals surface area contributed by atoms with E-state index in [1.54, 1.807) is 12.5 Å². The molecule has 0 N–H and O–H groups in total. The zero-order valence-electron chi connectivity index (χ0n) is 7.51. The molecule has 2 aliphatic heterocycles. The smallest absolute Gasteiger partial charge is 0.170 e. The lowest BCUT2D eigenvalue weighted by atomic mass is 10.4. The summed E-state index contributed by atoms with van der Waals surface area (Å²) in [6.45, 7) is 1.13. The van der Waals surface area contributed by atoms with Crippen LogP contribution in [-0.2, 0) is 13.7 Å². The summed E-state index contributed by atoms with van der Waals surface area (Å²) in [5, 5.41) is 0. The van der Waals surface area contributed by atoms with Gasteiger partial charge in [0.2, 0.25) is 0 Å². The molecule has 0 aromatic heterocycles. The molecule has 0 saturated carbocycles. The Bertz CT molecular complexity index is 315. The fourth-order valence-corrected chi connectivity index (χ4v) is 1.59. The van der Waals surface area contributed by atoms with Crippen LogP contribution in [0.4, 0.5) is 0 Å². The lowest BCUT2D eigenvalue weighted by Gasteiger charge is -2.08. The van der Waals surface area contributed by atoms with Crippen molar-refractivity contribution >= 4 is 12.0 Å². The van der Waals surface area contributed by atoms with Gasteiger partial charge in [0.05, 0.1) is 17.8 Å². The Morgan fingerprint density at radius 2 is 2.21 bits per heavy atom. The molecule has 2 aliphatic rings. The van der Waals surface area contributed by atoms with Gasteiger partial charge in [0, 0.05) is 12.0 Å². The van der Waals surface area contributed by atoms with Crippen molar-refractivity contribution in [3.63, 3.8) is 0 Å². The Morgan fingerprint density at radius 3 is 3.21 bits per heavy atom. The third-order valence-electron chi connectivity index (χ3n) is 1.62. The van der Waals surface area contributed by atoms with Gasteiger partial charge in [0.25, 0.3) is 0 Å².